The summed E-state index contributed by atoms with van der Waals surface area (Å²) in [6.07, 6.45) is 2.44. The van der Waals surface area contributed by atoms with Gasteiger partial charge in [-0.1, -0.05) is 6.07 Å². The molecule has 0 aliphatic carbocycles. The Bertz CT molecular complexity index is 364. The van der Waals surface area contributed by atoms with Crippen LogP contribution in [-0.2, 0) is 16.0 Å². The van der Waals surface area contributed by atoms with Gasteiger partial charge in [-0.15, -0.1) is 11.3 Å². The molecule has 0 aromatic carbocycles. The fourth-order valence-electron chi connectivity index (χ4n) is 1.87. The van der Waals surface area contributed by atoms with E-state index in [0.29, 0.717) is 26.3 Å². The molecular weight excluding hydrogens is 264 g/mol. The van der Waals surface area contributed by atoms with E-state index in [9.17, 15) is 4.79 Å². The Morgan fingerprint density at radius 3 is 3.21 bits per heavy atom. The highest BCUT2D eigenvalue weighted by molar-refractivity contribution is 7.09. The van der Waals surface area contributed by atoms with Crippen molar-refractivity contribution in [3.63, 3.8) is 0 Å². The van der Waals surface area contributed by atoms with Gasteiger partial charge >= 0.3 is 6.03 Å². The number of urea groups is 1. The van der Waals surface area contributed by atoms with Crippen LogP contribution in [0.25, 0.3) is 0 Å². The third-order valence-electron chi connectivity index (χ3n) is 2.86. The van der Waals surface area contributed by atoms with Crippen LogP contribution < -0.4 is 10.6 Å². The topological polar surface area (TPSA) is 59.6 Å². The second-order valence-electron chi connectivity index (χ2n) is 4.40. The lowest BCUT2D eigenvalue weighted by Crippen LogP contribution is -2.37. The number of carbonyl (C=O) groups is 1. The van der Waals surface area contributed by atoms with Crippen molar-refractivity contribution < 1.29 is 14.3 Å². The van der Waals surface area contributed by atoms with Crippen LogP contribution in [0, 0.1) is 0 Å². The molecule has 0 unspecified atom stereocenters. The fraction of sp³-hybridized carbons (Fsp3) is 0.615. The summed E-state index contributed by atoms with van der Waals surface area (Å²) < 4.78 is 10.9. The van der Waals surface area contributed by atoms with Gasteiger partial charge in [0.25, 0.3) is 0 Å². The summed E-state index contributed by atoms with van der Waals surface area (Å²) in [5, 5.41) is 7.55. The van der Waals surface area contributed by atoms with E-state index in [1.807, 2.05) is 17.5 Å². The number of carbonyl (C=O) groups excluding carboxylic acids is 1. The minimum atomic E-state index is -0.158. The summed E-state index contributed by atoms with van der Waals surface area (Å²) in [7, 11) is 0. The van der Waals surface area contributed by atoms with E-state index in [0.717, 1.165) is 24.3 Å². The lowest BCUT2D eigenvalue weighted by Gasteiger charge is -2.10. The predicted molar refractivity (Wildman–Crippen MR) is 74.4 cm³/mol. The predicted octanol–water partition coefficient (Wildman–Crippen LogP) is 1.74. The van der Waals surface area contributed by atoms with Crippen molar-refractivity contribution in [3.05, 3.63) is 22.4 Å². The highest BCUT2D eigenvalue weighted by Crippen LogP contribution is 2.11. The maximum Gasteiger partial charge on any atom is 0.315 e. The summed E-state index contributed by atoms with van der Waals surface area (Å²) in [6.45, 7) is 3.07. The normalized spacial score (nSPS) is 18.4. The van der Waals surface area contributed by atoms with Gasteiger partial charge in [0.05, 0.1) is 25.9 Å². The first-order chi connectivity index (χ1) is 9.34. The van der Waals surface area contributed by atoms with Crippen LogP contribution in [0.1, 0.15) is 17.7 Å². The van der Waals surface area contributed by atoms with E-state index < -0.39 is 0 Å². The Hall–Kier alpha value is -1.11. The molecule has 0 spiro atoms. The monoisotopic (exact) mass is 284 g/mol. The van der Waals surface area contributed by atoms with E-state index in [4.69, 9.17) is 9.47 Å². The van der Waals surface area contributed by atoms with Gasteiger partial charge in [0.15, 0.2) is 0 Å². The Kier molecular flexibility index (Phi) is 6.13. The van der Waals surface area contributed by atoms with E-state index >= 15 is 0 Å². The molecule has 0 radical (unpaired) electrons. The molecule has 1 aromatic heterocycles. The summed E-state index contributed by atoms with van der Waals surface area (Å²) in [4.78, 5) is 12.6. The Balaban J connectivity index is 1.45. The fourth-order valence-corrected chi connectivity index (χ4v) is 2.51. The summed E-state index contributed by atoms with van der Waals surface area (Å²) in [6, 6.07) is 3.81. The third-order valence-corrected chi connectivity index (χ3v) is 3.74. The van der Waals surface area contributed by atoms with Crippen LogP contribution in [0.5, 0.6) is 0 Å². The van der Waals surface area contributed by atoms with Crippen molar-refractivity contribution >= 4 is 17.4 Å². The van der Waals surface area contributed by atoms with Crippen molar-refractivity contribution in [1.29, 1.82) is 0 Å². The molecule has 1 aliphatic rings. The average molecular weight is 284 g/mol. The molecule has 5 nitrogen and oxygen atoms in total. The Morgan fingerprint density at radius 1 is 1.53 bits per heavy atom. The van der Waals surface area contributed by atoms with E-state index in [-0.39, 0.29) is 12.1 Å². The lowest BCUT2D eigenvalue weighted by atomic mass is 10.2. The molecule has 1 saturated heterocycles. The average Bonchev–Trinajstić information content (AvgIpc) is 3.09. The number of hydrogen-bond acceptors (Lipinski definition) is 4. The molecule has 1 aromatic rings. The minimum absolute atomic E-state index is 0.158. The number of nitrogens with one attached hydrogen (secondary N) is 2. The molecule has 2 rings (SSSR count). The van der Waals surface area contributed by atoms with E-state index in [1.54, 1.807) is 11.3 Å². The highest BCUT2D eigenvalue weighted by Gasteiger charge is 2.14. The molecular formula is C13H20N2O3S. The van der Waals surface area contributed by atoms with Crippen LogP contribution in [0.4, 0.5) is 4.79 Å². The first-order valence-electron chi connectivity index (χ1n) is 6.58. The van der Waals surface area contributed by atoms with Gasteiger partial charge in [0.1, 0.15) is 0 Å². The molecule has 0 bridgehead atoms. The van der Waals surface area contributed by atoms with Crippen LogP contribution in [0.2, 0.25) is 0 Å². The third kappa shape index (κ3) is 5.59. The van der Waals surface area contributed by atoms with E-state index in [1.165, 1.54) is 0 Å². The number of ether oxygens (including phenoxy) is 2. The molecule has 19 heavy (non-hydrogen) atoms. The van der Waals surface area contributed by atoms with Crippen LogP contribution in [0.3, 0.4) is 0 Å². The molecule has 0 saturated carbocycles. The van der Waals surface area contributed by atoms with Crippen molar-refractivity contribution in [2.45, 2.75) is 25.5 Å². The maximum absolute atomic E-state index is 11.5. The van der Waals surface area contributed by atoms with Crippen molar-refractivity contribution in [1.82, 2.24) is 10.6 Å². The van der Waals surface area contributed by atoms with Gasteiger partial charge in [-0.2, -0.15) is 0 Å². The number of rotatable bonds is 7. The summed E-state index contributed by atoms with van der Waals surface area (Å²) >= 11 is 1.63. The first kappa shape index (κ1) is 14.3. The van der Waals surface area contributed by atoms with Gasteiger partial charge in [0, 0.05) is 18.0 Å². The molecule has 1 atom stereocenters. The van der Waals surface area contributed by atoms with Crippen LogP contribution >= 0.6 is 11.3 Å². The number of hydrogen-bond donors (Lipinski definition) is 2. The molecule has 2 heterocycles. The Labute approximate surface area is 117 Å². The summed E-state index contributed by atoms with van der Waals surface area (Å²) in [5.74, 6) is 0. The molecule has 1 aliphatic heterocycles. The Morgan fingerprint density at radius 2 is 2.47 bits per heavy atom. The van der Waals surface area contributed by atoms with Gasteiger partial charge in [-0.3, -0.25) is 0 Å². The zero-order valence-electron chi connectivity index (χ0n) is 10.9. The van der Waals surface area contributed by atoms with Crippen molar-refractivity contribution in [2.24, 2.45) is 0 Å². The molecule has 1 fully saturated rings. The second kappa shape index (κ2) is 8.14. The quantitative estimate of drug-likeness (QED) is 0.750. The number of amides is 2. The van der Waals surface area contributed by atoms with Crippen LogP contribution in [0.15, 0.2) is 17.5 Å². The zero-order valence-corrected chi connectivity index (χ0v) is 11.7. The first-order valence-corrected chi connectivity index (χ1v) is 7.46. The van der Waals surface area contributed by atoms with Gasteiger partial charge < -0.3 is 20.1 Å². The molecule has 106 valence electrons. The smallest absolute Gasteiger partial charge is 0.315 e. The molecule has 2 N–H and O–H groups in total. The number of thiophene rings is 1. The van der Waals surface area contributed by atoms with Crippen molar-refractivity contribution in [3.8, 4) is 0 Å². The van der Waals surface area contributed by atoms with Crippen molar-refractivity contribution in [2.75, 3.05) is 26.4 Å². The van der Waals surface area contributed by atoms with Gasteiger partial charge in [-0.25, -0.2) is 4.79 Å². The highest BCUT2D eigenvalue weighted by atomic mass is 32.1. The van der Waals surface area contributed by atoms with Crippen LogP contribution in [-0.4, -0.2) is 38.5 Å². The van der Waals surface area contributed by atoms with E-state index in [2.05, 4.69) is 10.6 Å². The molecule has 6 heteroatoms. The maximum atomic E-state index is 11.5. The lowest BCUT2D eigenvalue weighted by molar-refractivity contribution is 0.0188. The largest absolute Gasteiger partial charge is 0.377 e. The zero-order chi connectivity index (χ0) is 13.3. The van der Waals surface area contributed by atoms with Gasteiger partial charge in [0.2, 0.25) is 0 Å². The second-order valence-corrected chi connectivity index (χ2v) is 5.43. The minimum Gasteiger partial charge on any atom is -0.377 e. The van der Waals surface area contributed by atoms with Gasteiger partial charge in [-0.05, 0) is 24.3 Å². The standard InChI is InChI=1S/C13H20N2O3S/c16-13(15-9-12-4-2-8-19-12)14-5-7-17-10-11-3-1-6-18-11/h2,4,8,11H,1,3,5-7,9-10H2,(H2,14,15,16)/t11-/m1/s1. The molecule has 2 amide bonds. The summed E-state index contributed by atoms with van der Waals surface area (Å²) in [5.41, 5.74) is 0. The SMILES string of the molecule is O=C(NCCOC[C@H]1CCCO1)NCc1cccs1.